The summed E-state index contributed by atoms with van der Waals surface area (Å²) in [5.74, 6) is -0.149. The van der Waals surface area contributed by atoms with E-state index in [2.05, 4.69) is 118 Å². The first kappa shape index (κ1) is 47.0. The largest absolute Gasteiger partial charge is 0.469 e. The lowest BCUT2D eigenvalue weighted by Gasteiger charge is -2.48. The number of benzene rings is 5. The number of rotatable bonds is 24. The van der Waals surface area contributed by atoms with Gasteiger partial charge in [0.15, 0.2) is 6.29 Å². The molecule has 330 valence electrons. The molecule has 8 nitrogen and oxygen atoms in total. The Labute approximate surface area is 371 Å². The first-order chi connectivity index (χ1) is 30.3. The van der Waals surface area contributed by atoms with E-state index >= 15 is 0 Å². The molecule has 62 heavy (non-hydrogen) atoms. The normalized spacial score (nSPS) is 19.3. The van der Waals surface area contributed by atoms with E-state index in [0.717, 1.165) is 55.2 Å². The Morgan fingerprint density at radius 1 is 0.532 bits per heavy atom. The molecule has 0 amide bonds. The Morgan fingerprint density at radius 3 is 1.42 bits per heavy atom. The van der Waals surface area contributed by atoms with Gasteiger partial charge in [-0.05, 0) is 44.9 Å². The van der Waals surface area contributed by atoms with Crippen LogP contribution >= 0.6 is 0 Å². The summed E-state index contributed by atoms with van der Waals surface area (Å²) < 4.78 is 47.2. The number of unbranched alkanes of at least 4 members (excludes halogenated alkanes) is 5. The van der Waals surface area contributed by atoms with Crippen molar-refractivity contribution in [3.8, 4) is 0 Å². The van der Waals surface area contributed by atoms with Crippen LogP contribution in [0.25, 0.3) is 0 Å². The lowest BCUT2D eigenvalue weighted by atomic mass is 9.97. The predicted molar refractivity (Wildman–Crippen MR) is 248 cm³/mol. The Morgan fingerprint density at radius 2 is 0.952 bits per heavy atom. The number of esters is 1. The highest BCUT2D eigenvalue weighted by atomic mass is 28.4. The van der Waals surface area contributed by atoms with Crippen LogP contribution in [0.5, 0.6) is 0 Å². The SMILES string of the molecule is COC(=O)CCCCCCCCO[C@@H]1O[C@H](CO[Si](c2ccccc2)(c2ccccc2)C(C)(C)C)[C@@H](OCc2ccccc2)[C@H](OCc2ccccc2)[C@@H]1OCc1ccccc1. The molecule has 5 atom stereocenters. The van der Waals surface area contributed by atoms with E-state index in [1.54, 1.807) is 0 Å². The van der Waals surface area contributed by atoms with Crippen LogP contribution in [0.15, 0.2) is 152 Å². The monoisotopic (exact) mass is 858 g/mol. The van der Waals surface area contributed by atoms with Crippen molar-refractivity contribution < 1.29 is 37.6 Å². The molecule has 5 aromatic carbocycles. The fourth-order valence-corrected chi connectivity index (χ4v) is 12.9. The number of carbonyl (C=O) groups excluding carboxylic acids is 1. The summed E-state index contributed by atoms with van der Waals surface area (Å²) in [5.41, 5.74) is 3.14. The quantitative estimate of drug-likeness (QED) is 0.0345. The maximum atomic E-state index is 11.6. The van der Waals surface area contributed by atoms with Gasteiger partial charge in [0.25, 0.3) is 8.32 Å². The van der Waals surface area contributed by atoms with Crippen molar-refractivity contribution in [2.75, 3.05) is 20.3 Å². The van der Waals surface area contributed by atoms with Gasteiger partial charge in [-0.1, -0.05) is 198 Å². The van der Waals surface area contributed by atoms with E-state index in [9.17, 15) is 4.79 Å². The van der Waals surface area contributed by atoms with Crippen molar-refractivity contribution in [3.05, 3.63) is 168 Å². The molecule has 0 radical (unpaired) electrons. The molecule has 1 heterocycles. The summed E-state index contributed by atoms with van der Waals surface area (Å²) >= 11 is 0. The van der Waals surface area contributed by atoms with Crippen LogP contribution < -0.4 is 10.4 Å². The summed E-state index contributed by atoms with van der Waals surface area (Å²) in [5, 5.41) is 2.13. The highest BCUT2D eigenvalue weighted by Gasteiger charge is 2.53. The van der Waals surface area contributed by atoms with Crippen molar-refractivity contribution in [1.29, 1.82) is 0 Å². The van der Waals surface area contributed by atoms with Gasteiger partial charge in [-0.15, -0.1) is 0 Å². The second-order valence-electron chi connectivity index (χ2n) is 17.1. The van der Waals surface area contributed by atoms with E-state index in [4.69, 9.17) is 32.8 Å². The molecule has 0 bridgehead atoms. The van der Waals surface area contributed by atoms with E-state index in [-0.39, 0.29) is 17.6 Å². The minimum absolute atomic E-state index is 0.149. The van der Waals surface area contributed by atoms with Gasteiger partial charge in [-0.25, -0.2) is 0 Å². The van der Waals surface area contributed by atoms with E-state index in [0.29, 0.717) is 32.8 Å². The predicted octanol–water partition coefficient (Wildman–Crippen LogP) is 9.96. The van der Waals surface area contributed by atoms with Crippen LogP contribution in [-0.2, 0) is 57.5 Å². The first-order valence-corrected chi connectivity index (χ1v) is 24.2. The molecule has 0 spiro atoms. The molecule has 0 aliphatic carbocycles. The van der Waals surface area contributed by atoms with E-state index in [1.807, 2.05) is 54.6 Å². The zero-order chi connectivity index (χ0) is 43.5. The summed E-state index contributed by atoms with van der Waals surface area (Å²) in [6.07, 6.45) is 3.15. The summed E-state index contributed by atoms with van der Waals surface area (Å²) in [7, 11) is -1.53. The van der Waals surface area contributed by atoms with Gasteiger partial charge in [-0.2, -0.15) is 0 Å². The maximum absolute atomic E-state index is 11.6. The van der Waals surface area contributed by atoms with E-state index < -0.39 is 39.0 Å². The minimum atomic E-state index is -2.97. The van der Waals surface area contributed by atoms with Gasteiger partial charge in [0, 0.05) is 13.0 Å². The van der Waals surface area contributed by atoms with Gasteiger partial charge in [0.05, 0.1) is 33.5 Å². The lowest BCUT2D eigenvalue weighted by molar-refractivity contribution is -0.326. The van der Waals surface area contributed by atoms with Crippen LogP contribution in [0, 0.1) is 0 Å². The van der Waals surface area contributed by atoms with Crippen molar-refractivity contribution in [2.45, 2.75) is 121 Å². The molecule has 1 aliphatic heterocycles. The Hall–Kier alpha value is -4.45. The molecule has 1 aliphatic rings. The third-order valence-corrected chi connectivity index (χ3v) is 16.6. The number of hydrogen-bond acceptors (Lipinski definition) is 8. The van der Waals surface area contributed by atoms with Gasteiger partial charge in [0.2, 0.25) is 0 Å². The summed E-state index contributed by atoms with van der Waals surface area (Å²) in [6.45, 7) is 8.65. The zero-order valence-electron chi connectivity index (χ0n) is 37.1. The van der Waals surface area contributed by atoms with Gasteiger partial charge in [-0.3, -0.25) is 4.79 Å². The summed E-state index contributed by atoms with van der Waals surface area (Å²) in [6, 6.07) is 52.0. The molecule has 5 aromatic rings. The Bertz CT molecular complexity index is 1940. The average Bonchev–Trinajstić information content (AvgIpc) is 3.30. The Balaban J connectivity index is 1.32. The standard InChI is InChI=1S/C53H66O8Si/c1-53(2,3)62(45-32-20-12-21-33-45,46-34-22-13-23-35-46)60-41-47-49(57-38-42-26-14-9-15-27-42)50(58-39-43-28-16-10-17-29-43)51(59-40-44-30-18-11-19-31-44)52(61-47)56-37-25-8-6-5-7-24-36-48(54)55-4/h9-23,26-35,47,49-52H,5-8,24-25,36-41H2,1-4H3/t47-,49-,50+,51+,52-/m1/s1. The third kappa shape index (κ3) is 13.3. The highest BCUT2D eigenvalue weighted by Crippen LogP contribution is 2.38. The molecule has 0 aromatic heterocycles. The van der Waals surface area contributed by atoms with Crippen molar-refractivity contribution >= 4 is 24.7 Å². The van der Waals surface area contributed by atoms with Crippen LogP contribution in [0.2, 0.25) is 5.04 Å². The van der Waals surface area contributed by atoms with Gasteiger partial charge >= 0.3 is 5.97 Å². The van der Waals surface area contributed by atoms with Gasteiger partial charge < -0.3 is 32.8 Å². The van der Waals surface area contributed by atoms with Crippen LogP contribution in [0.1, 0.15) is 82.4 Å². The fraction of sp³-hybridized carbons (Fsp3) is 0.415. The second kappa shape index (κ2) is 24.4. The van der Waals surface area contributed by atoms with Crippen LogP contribution in [0.4, 0.5) is 0 Å². The smallest absolute Gasteiger partial charge is 0.305 e. The molecule has 0 unspecified atom stereocenters. The number of ether oxygens (including phenoxy) is 6. The topological polar surface area (TPSA) is 81.7 Å². The highest BCUT2D eigenvalue weighted by molar-refractivity contribution is 6.99. The number of methoxy groups -OCH3 is 1. The van der Waals surface area contributed by atoms with Crippen molar-refractivity contribution in [1.82, 2.24) is 0 Å². The molecule has 1 fully saturated rings. The average molecular weight is 859 g/mol. The first-order valence-electron chi connectivity index (χ1n) is 22.3. The maximum Gasteiger partial charge on any atom is 0.305 e. The molecule has 6 rings (SSSR count). The van der Waals surface area contributed by atoms with Crippen LogP contribution in [-0.4, -0.2) is 65.3 Å². The molecular weight excluding hydrogens is 793 g/mol. The molecule has 0 saturated carbocycles. The molecule has 1 saturated heterocycles. The fourth-order valence-electron chi connectivity index (χ4n) is 8.36. The van der Waals surface area contributed by atoms with Crippen LogP contribution in [0.3, 0.4) is 0 Å². The minimum Gasteiger partial charge on any atom is -0.469 e. The number of carbonyl (C=O) groups is 1. The summed E-state index contributed by atoms with van der Waals surface area (Å²) in [4.78, 5) is 11.6. The lowest BCUT2D eigenvalue weighted by Crippen LogP contribution is -2.68. The molecule has 0 N–H and O–H groups in total. The van der Waals surface area contributed by atoms with E-state index in [1.165, 1.54) is 17.5 Å². The number of hydrogen-bond donors (Lipinski definition) is 0. The second-order valence-corrected chi connectivity index (χ2v) is 21.4. The zero-order valence-corrected chi connectivity index (χ0v) is 38.1. The third-order valence-electron chi connectivity index (χ3n) is 11.6. The van der Waals surface area contributed by atoms with Crippen molar-refractivity contribution in [2.24, 2.45) is 0 Å². The molecular formula is C53H66O8Si. The van der Waals surface area contributed by atoms with Gasteiger partial charge in [0.1, 0.15) is 24.4 Å². The molecule has 9 heteroatoms. The Kier molecular flexibility index (Phi) is 18.5. The van der Waals surface area contributed by atoms with Crippen molar-refractivity contribution in [3.63, 3.8) is 0 Å².